The van der Waals surface area contributed by atoms with Crippen molar-refractivity contribution in [3.63, 3.8) is 0 Å². The quantitative estimate of drug-likeness (QED) is 0.117. The highest BCUT2D eigenvalue weighted by Crippen LogP contribution is 2.48. The van der Waals surface area contributed by atoms with Crippen LogP contribution in [0, 0.1) is 11.8 Å². The van der Waals surface area contributed by atoms with Crippen LogP contribution in [0.3, 0.4) is 0 Å². The van der Waals surface area contributed by atoms with Crippen molar-refractivity contribution in [1.82, 2.24) is 10.2 Å². The summed E-state index contributed by atoms with van der Waals surface area (Å²) in [5.74, 6) is -0.179. The van der Waals surface area contributed by atoms with E-state index in [2.05, 4.69) is 71.8 Å². The summed E-state index contributed by atoms with van der Waals surface area (Å²) >= 11 is 0. The van der Waals surface area contributed by atoms with Gasteiger partial charge in [0, 0.05) is 26.6 Å². The maximum atomic E-state index is 12.7. The van der Waals surface area contributed by atoms with Crippen LogP contribution in [0.2, 0.25) is 18.1 Å². The first kappa shape index (κ1) is 44.2. The Balaban J connectivity index is 0.00000112. The van der Waals surface area contributed by atoms with Gasteiger partial charge < -0.3 is 29.0 Å². The first-order valence-electron chi connectivity index (χ1n) is 18.0. The lowest BCUT2D eigenvalue weighted by Crippen LogP contribution is -2.63. The number of nitrogens with zero attached hydrogens (tertiary/aromatic N) is 1. The number of ether oxygens (including phenoxy) is 2. The number of rotatable bonds is 18. The molecule has 0 bridgehead atoms. The van der Waals surface area contributed by atoms with Gasteiger partial charge in [0.15, 0.2) is 8.32 Å². The molecule has 2 aromatic carbocycles. The fourth-order valence-electron chi connectivity index (χ4n) is 5.99. The van der Waals surface area contributed by atoms with Gasteiger partial charge in [0.2, 0.25) is 5.91 Å². The van der Waals surface area contributed by atoms with Gasteiger partial charge >= 0.3 is 7.82 Å². The maximum absolute atomic E-state index is 12.7. The Morgan fingerprint density at radius 2 is 1.42 bits per heavy atom. The molecule has 1 amide bonds. The van der Waals surface area contributed by atoms with E-state index in [1.165, 1.54) is 26.6 Å². The summed E-state index contributed by atoms with van der Waals surface area (Å²) in [6.07, 6.45) is -1.85. The summed E-state index contributed by atoms with van der Waals surface area (Å²) in [5.41, 5.74) is 1.94. The second kappa shape index (κ2) is 20.9. The molecule has 0 aromatic heterocycles. The molecule has 12 heteroatoms. The van der Waals surface area contributed by atoms with Crippen molar-refractivity contribution in [3.8, 4) is 0 Å². The summed E-state index contributed by atoms with van der Waals surface area (Å²) in [6, 6.07) is 18.8. The zero-order valence-electron chi connectivity index (χ0n) is 32.4. The van der Waals surface area contributed by atoms with Gasteiger partial charge in [0.1, 0.15) is 6.10 Å². The van der Waals surface area contributed by atoms with Crippen LogP contribution >= 0.6 is 7.82 Å². The zero-order valence-corrected chi connectivity index (χ0v) is 34.3. The Kier molecular flexibility index (Phi) is 18.5. The molecule has 50 heavy (non-hydrogen) atoms. The summed E-state index contributed by atoms with van der Waals surface area (Å²) in [4.78, 5) is 25.2. The molecular formula is C38H65N2O8PSi. The van der Waals surface area contributed by atoms with Crippen LogP contribution in [0.1, 0.15) is 72.9 Å². The molecular weight excluding hydrogens is 671 g/mol. The van der Waals surface area contributed by atoms with E-state index in [4.69, 9.17) is 22.9 Å². The summed E-state index contributed by atoms with van der Waals surface area (Å²) in [5, 5.41) is 2.92. The second-order valence-corrected chi connectivity index (χ2v) is 20.5. The first-order valence-corrected chi connectivity index (χ1v) is 22.4. The van der Waals surface area contributed by atoms with Crippen molar-refractivity contribution in [3.05, 3.63) is 71.8 Å². The third-order valence-electron chi connectivity index (χ3n) is 10.5. The number of hydrogen-bond donors (Lipinski definition) is 2. The van der Waals surface area contributed by atoms with Crippen molar-refractivity contribution in [2.75, 3.05) is 33.4 Å². The van der Waals surface area contributed by atoms with Crippen molar-refractivity contribution in [1.29, 1.82) is 0 Å². The van der Waals surface area contributed by atoms with E-state index in [1.807, 2.05) is 60.7 Å². The van der Waals surface area contributed by atoms with Crippen molar-refractivity contribution >= 4 is 22.0 Å². The predicted molar refractivity (Wildman–Crippen MR) is 203 cm³/mol. The van der Waals surface area contributed by atoms with Gasteiger partial charge in [-0.1, -0.05) is 109 Å². The monoisotopic (exact) mass is 736 g/mol. The maximum Gasteiger partial charge on any atom is 0.472 e. The summed E-state index contributed by atoms with van der Waals surface area (Å²) in [6.45, 7) is 25.8. The molecule has 6 atom stereocenters. The number of nitrogens with one attached hydrogen (secondary N) is 1. The number of phosphoric acid groups is 1. The first-order chi connectivity index (χ1) is 23.5. The van der Waals surface area contributed by atoms with E-state index in [1.54, 1.807) is 0 Å². The Morgan fingerprint density at radius 1 is 0.940 bits per heavy atom. The van der Waals surface area contributed by atoms with E-state index in [9.17, 15) is 14.3 Å². The molecule has 0 radical (unpaired) electrons. The normalized spacial score (nSPS) is 22.5. The molecule has 2 N–H and O–H groups in total. The predicted octanol–water partition coefficient (Wildman–Crippen LogP) is 7.82. The fourth-order valence-corrected chi connectivity index (χ4v) is 9.03. The van der Waals surface area contributed by atoms with Gasteiger partial charge in [-0.25, -0.2) is 4.57 Å². The standard InChI is InChI=1S/C32H50NO8PSi.C6H15N/c1-23(2)32(4,5)43(7,8)40-22-27-19-28(41-42(35,36)37-6)29(33-24(3)34)31(39-21-26-17-13-10-14-18-26)30(27)38-20-25-15-11-9-12-16-25;1-4-7(5-2)6-3/h9-18,23,27-31H,19-22H2,1-8H3,(H,33,34)(H,35,36);4-6H2,1-3H3/t27-,28+,29-,30-,31-;/m1./s1. The van der Waals surface area contributed by atoms with Crippen LogP contribution in [0.25, 0.3) is 0 Å². The van der Waals surface area contributed by atoms with Gasteiger partial charge in [-0.15, -0.1) is 0 Å². The minimum Gasteiger partial charge on any atom is -0.416 e. The highest BCUT2D eigenvalue weighted by molar-refractivity contribution is 7.47. The van der Waals surface area contributed by atoms with Gasteiger partial charge in [-0.05, 0) is 61.2 Å². The molecule has 2 aromatic rings. The van der Waals surface area contributed by atoms with E-state index in [-0.39, 0.29) is 29.9 Å². The van der Waals surface area contributed by atoms with E-state index in [0.717, 1.165) is 18.2 Å². The van der Waals surface area contributed by atoms with E-state index in [0.29, 0.717) is 19.1 Å². The van der Waals surface area contributed by atoms with Gasteiger partial charge in [-0.3, -0.25) is 13.8 Å². The van der Waals surface area contributed by atoms with Crippen molar-refractivity contribution < 1.29 is 37.2 Å². The SMILES string of the molecule is CCN(CC)CC.COP(=O)(O)O[C@H]1C[C@H](CO[Si](C)(C)C(C)(C)C(C)C)[C@@H](OCc2ccccc2)[C@H](OCc2ccccc2)[C@@H]1NC(C)=O. The molecule has 0 aliphatic heterocycles. The third-order valence-corrected chi connectivity index (χ3v) is 16.1. The molecule has 1 saturated carbocycles. The van der Waals surface area contributed by atoms with Crippen LogP contribution in [0.4, 0.5) is 0 Å². The molecule has 10 nitrogen and oxygen atoms in total. The lowest BCUT2D eigenvalue weighted by Gasteiger charge is -2.48. The molecule has 1 fully saturated rings. The van der Waals surface area contributed by atoms with Gasteiger partial charge in [0.25, 0.3) is 0 Å². The largest absolute Gasteiger partial charge is 0.472 e. The molecule has 0 heterocycles. The highest BCUT2D eigenvalue weighted by Gasteiger charge is 2.51. The molecule has 1 aliphatic rings. The number of carbonyl (C=O) groups excluding carboxylic acids is 1. The topological polar surface area (TPSA) is 116 Å². The number of amides is 1. The zero-order chi connectivity index (χ0) is 37.5. The summed E-state index contributed by atoms with van der Waals surface area (Å²) < 4.78 is 43.2. The van der Waals surface area contributed by atoms with Crippen LogP contribution in [0.5, 0.6) is 0 Å². The molecule has 3 rings (SSSR count). The minimum absolute atomic E-state index is 0.0171. The number of hydrogen-bond acceptors (Lipinski definition) is 8. The number of phosphoric ester groups is 1. The fraction of sp³-hybridized carbons (Fsp3) is 0.658. The summed E-state index contributed by atoms with van der Waals surface area (Å²) in [7, 11) is -5.53. The molecule has 0 saturated heterocycles. The smallest absolute Gasteiger partial charge is 0.416 e. The molecule has 284 valence electrons. The third kappa shape index (κ3) is 13.6. The number of carbonyl (C=O) groups is 1. The second-order valence-electron chi connectivity index (χ2n) is 14.4. The molecule has 1 unspecified atom stereocenters. The Hall–Kier alpha value is -1.92. The highest BCUT2D eigenvalue weighted by atomic mass is 31.2. The van der Waals surface area contributed by atoms with Crippen LogP contribution in [-0.2, 0) is 45.5 Å². The van der Waals surface area contributed by atoms with Crippen LogP contribution < -0.4 is 5.32 Å². The molecule has 0 spiro atoms. The lowest BCUT2D eigenvalue weighted by molar-refractivity contribution is -0.170. The number of benzene rings is 2. The van der Waals surface area contributed by atoms with Crippen LogP contribution in [-0.4, -0.2) is 81.7 Å². The minimum atomic E-state index is -4.41. The van der Waals surface area contributed by atoms with Gasteiger partial charge in [0.05, 0.1) is 31.5 Å². The van der Waals surface area contributed by atoms with Crippen molar-refractivity contribution in [2.24, 2.45) is 11.8 Å². The molecule has 1 aliphatic carbocycles. The Labute approximate surface area is 303 Å². The average Bonchev–Trinajstić information content (AvgIpc) is 3.08. The Bertz CT molecular complexity index is 1290. The lowest BCUT2D eigenvalue weighted by atomic mass is 9.79. The van der Waals surface area contributed by atoms with E-state index >= 15 is 0 Å². The Morgan fingerprint density at radius 3 is 1.82 bits per heavy atom. The van der Waals surface area contributed by atoms with Crippen molar-refractivity contribution in [2.45, 2.75) is 118 Å². The van der Waals surface area contributed by atoms with E-state index < -0.39 is 40.5 Å². The van der Waals surface area contributed by atoms with Gasteiger partial charge in [-0.2, -0.15) is 0 Å². The average molecular weight is 737 g/mol. The van der Waals surface area contributed by atoms with Crippen LogP contribution in [0.15, 0.2) is 60.7 Å².